The largest absolute Gasteiger partial charge is 0.398 e. The molecule has 0 bridgehead atoms. The van der Waals surface area contributed by atoms with Crippen LogP contribution in [-0.4, -0.2) is 32.1 Å². The number of amides is 1. The fourth-order valence-electron chi connectivity index (χ4n) is 1.11. The molecule has 0 aliphatic carbocycles. The molecule has 0 aromatic heterocycles. The number of benzene rings is 1. The van der Waals surface area contributed by atoms with Crippen LogP contribution in [0.25, 0.3) is 0 Å². The molecule has 0 heterocycles. The maximum Gasteiger partial charge on any atom is 0.247 e. The van der Waals surface area contributed by atoms with Gasteiger partial charge in [0.15, 0.2) is 0 Å². The van der Waals surface area contributed by atoms with Crippen molar-refractivity contribution in [2.24, 2.45) is 5.73 Å². The average Bonchev–Trinajstić information content (AvgIpc) is 2.29. The van der Waals surface area contributed by atoms with E-state index in [0.717, 1.165) is 18.2 Å². The summed E-state index contributed by atoms with van der Waals surface area (Å²) >= 11 is 0. The summed E-state index contributed by atoms with van der Waals surface area (Å²) in [6, 6.07) is 2.83. The molecule has 1 aromatic rings. The Labute approximate surface area is 103 Å². The molecule has 1 rings (SSSR count). The molecule has 0 saturated carbocycles. The van der Waals surface area contributed by atoms with E-state index in [-0.39, 0.29) is 5.69 Å². The second-order valence-electron chi connectivity index (χ2n) is 3.45. The van der Waals surface area contributed by atoms with Gasteiger partial charge in [-0.25, -0.2) is 17.5 Å². The topological polar surface area (TPSA) is 136 Å². The third kappa shape index (κ3) is 3.39. The van der Waals surface area contributed by atoms with Crippen LogP contribution in [0.15, 0.2) is 23.1 Å². The summed E-state index contributed by atoms with van der Waals surface area (Å²) in [5.74, 6) is -1.86. The van der Waals surface area contributed by atoms with Crippen molar-refractivity contribution in [3.63, 3.8) is 0 Å². The van der Waals surface area contributed by atoms with Crippen LogP contribution in [0.2, 0.25) is 0 Å². The lowest BCUT2D eigenvalue weighted by atomic mass is 10.3. The number of rotatable bonds is 5. The SMILES string of the molecule is NC(=O)C(O)CNS(=O)(=O)c1cc(F)ccc1N. The molecule has 0 radical (unpaired) electrons. The fourth-order valence-corrected chi connectivity index (χ4v) is 2.29. The summed E-state index contributed by atoms with van der Waals surface area (Å²) in [5, 5.41) is 9.05. The van der Waals surface area contributed by atoms with E-state index in [2.05, 4.69) is 0 Å². The number of hydrogen-bond donors (Lipinski definition) is 4. The number of sulfonamides is 1. The molecule has 0 aliphatic heterocycles. The average molecular weight is 277 g/mol. The van der Waals surface area contributed by atoms with Crippen molar-refractivity contribution in [3.05, 3.63) is 24.0 Å². The Balaban J connectivity index is 2.93. The van der Waals surface area contributed by atoms with Crippen molar-refractivity contribution >= 4 is 21.6 Å². The fraction of sp³-hybridized carbons (Fsp3) is 0.222. The first-order valence-corrected chi connectivity index (χ1v) is 6.24. The monoisotopic (exact) mass is 277 g/mol. The lowest BCUT2D eigenvalue weighted by Gasteiger charge is -2.11. The number of nitrogens with one attached hydrogen (secondary N) is 1. The molecule has 18 heavy (non-hydrogen) atoms. The van der Waals surface area contributed by atoms with Gasteiger partial charge in [0.25, 0.3) is 0 Å². The van der Waals surface area contributed by atoms with Gasteiger partial charge in [-0.15, -0.1) is 0 Å². The quantitative estimate of drug-likeness (QED) is 0.487. The number of primary amides is 1. The number of carbonyl (C=O) groups excluding carboxylic acids is 1. The van der Waals surface area contributed by atoms with E-state index >= 15 is 0 Å². The number of nitrogen functional groups attached to an aromatic ring is 1. The molecule has 0 fully saturated rings. The van der Waals surface area contributed by atoms with Crippen molar-refractivity contribution in [1.82, 2.24) is 4.72 Å². The van der Waals surface area contributed by atoms with E-state index in [9.17, 15) is 17.6 Å². The van der Waals surface area contributed by atoms with Gasteiger partial charge in [-0.05, 0) is 18.2 Å². The highest BCUT2D eigenvalue weighted by atomic mass is 32.2. The number of anilines is 1. The van der Waals surface area contributed by atoms with Crippen LogP contribution in [0.5, 0.6) is 0 Å². The third-order valence-corrected chi connectivity index (χ3v) is 3.54. The van der Waals surface area contributed by atoms with Gasteiger partial charge >= 0.3 is 0 Å². The van der Waals surface area contributed by atoms with Gasteiger partial charge in [0.05, 0.1) is 5.69 Å². The van der Waals surface area contributed by atoms with Gasteiger partial charge in [-0.2, -0.15) is 0 Å². The van der Waals surface area contributed by atoms with E-state index < -0.39 is 39.3 Å². The molecule has 1 unspecified atom stereocenters. The predicted molar refractivity (Wildman–Crippen MR) is 61.2 cm³/mol. The zero-order chi connectivity index (χ0) is 13.9. The first-order valence-electron chi connectivity index (χ1n) is 4.76. The molecule has 0 aliphatic rings. The molecule has 6 N–H and O–H groups in total. The minimum Gasteiger partial charge on any atom is -0.398 e. The molecule has 1 atom stereocenters. The maximum atomic E-state index is 12.9. The number of aliphatic hydroxyl groups excluding tert-OH is 1. The minimum atomic E-state index is -4.12. The van der Waals surface area contributed by atoms with Crippen LogP contribution in [0.3, 0.4) is 0 Å². The molecule has 0 spiro atoms. The van der Waals surface area contributed by atoms with E-state index in [1.807, 2.05) is 4.72 Å². The smallest absolute Gasteiger partial charge is 0.247 e. The molecule has 0 saturated heterocycles. The maximum absolute atomic E-state index is 12.9. The Morgan fingerprint density at radius 3 is 2.67 bits per heavy atom. The Kier molecular flexibility index (Phi) is 4.22. The zero-order valence-corrected chi connectivity index (χ0v) is 9.95. The summed E-state index contributed by atoms with van der Waals surface area (Å²) in [4.78, 5) is 10.1. The molecule has 9 heteroatoms. The first-order chi connectivity index (χ1) is 8.24. The van der Waals surface area contributed by atoms with Crippen LogP contribution in [0.4, 0.5) is 10.1 Å². The van der Waals surface area contributed by atoms with Crippen LogP contribution >= 0.6 is 0 Å². The van der Waals surface area contributed by atoms with Gasteiger partial charge in [-0.1, -0.05) is 0 Å². The first kappa shape index (κ1) is 14.4. The number of carbonyl (C=O) groups is 1. The van der Waals surface area contributed by atoms with Gasteiger partial charge in [-0.3, -0.25) is 4.79 Å². The molecule has 7 nitrogen and oxygen atoms in total. The molecule has 100 valence electrons. The van der Waals surface area contributed by atoms with Crippen LogP contribution < -0.4 is 16.2 Å². The minimum absolute atomic E-state index is 0.155. The molecule has 1 amide bonds. The Morgan fingerprint density at radius 1 is 1.50 bits per heavy atom. The van der Waals surface area contributed by atoms with Crippen molar-refractivity contribution in [2.45, 2.75) is 11.0 Å². The van der Waals surface area contributed by atoms with Crippen LogP contribution in [0, 0.1) is 5.82 Å². The van der Waals surface area contributed by atoms with Crippen molar-refractivity contribution in [3.8, 4) is 0 Å². The molecular weight excluding hydrogens is 265 g/mol. The number of nitrogens with two attached hydrogens (primary N) is 2. The van der Waals surface area contributed by atoms with E-state index in [1.54, 1.807) is 0 Å². The van der Waals surface area contributed by atoms with E-state index in [4.69, 9.17) is 16.6 Å². The standard InChI is InChI=1S/C9H12FN3O4S/c10-5-1-2-6(11)8(3-5)18(16,17)13-4-7(14)9(12)15/h1-3,7,13-14H,4,11H2,(H2,12,15). The summed E-state index contributed by atoms with van der Waals surface area (Å²) in [6.07, 6.45) is -1.67. The second-order valence-corrected chi connectivity index (χ2v) is 5.19. The summed E-state index contributed by atoms with van der Waals surface area (Å²) < 4.78 is 38.3. The van der Waals surface area contributed by atoms with E-state index in [1.165, 1.54) is 0 Å². The molecule has 1 aromatic carbocycles. The Bertz CT molecular complexity index is 561. The number of hydrogen-bond acceptors (Lipinski definition) is 5. The Morgan fingerprint density at radius 2 is 2.11 bits per heavy atom. The predicted octanol–water partition coefficient (Wildman–Crippen LogP) is -1.47. The summed E-state index contributed by atoms with van der Waals surface area (Å²) in [7, 11) is -4.12. The number of aliphatic hydroxyl groups is 1. The number of halogens is 1. The van der Waals surface area contributed by atoms with Crippen molar-refractivity contribution < 1.29 is 22.7 Å². The highest BCUT2D eigenvalue weighted by Gasteiger charge is 2.21. The van der Waals surface area contributed by atoms with Crippen LogP contribution in [0.1, 0.15) is 0 Å². The van der Waals surface area contributed by atoms with Crippen molar-refractivity contribution in [1.29, 1.82) is 0 Å². The van der Waals surface area contributed by atoms with Gasteiger partial charge in [0.1, 0.15) is 16.8 Å². The second kappa shape index (κ2) is 5.29. The highest BCUT2D eigenvalue weighted by molar-refractivity contribution is 7.89. The van der Waals surface area contributed by atoms with Gasteiger partial charge < -0.3 is 16.6 Å². The van der Waals surface area contributed by atoms with E-state index in [0.29, 0.717) is 0 Å². The lowest BCUT2D eigenvalue weighted by Crippen LogP contribution is -2.40. The van der Waals surface area contributed by atoms with Crippen LogP contribution in [-0.2, 0) is 14.8 Å². The zero-order valence-electron chi connectivity index (χ0n) is 9.13. The summed E-state index contributed by atoms with van der Waals surface area (Å²) in [6.45, 7) is -0.617. The Hall–Kier alpha value is -1.71. The van der Waals surface area contributed by atoms with Crippen molar-refractivity contribution in [2.75, 3.05) is 12.3 Å². The van der Waals surface area contributed by atoms with Gasteiger partial charge in [0, 0.05) is 6.54 Å². The van der Waals surface area contributed by atoms with Gasteiger partial charge in [0.2, 0.25) is 15.9 Å². The summed E-state index contributed by atoms with van der Waals surface area (Å²) in [5.41, 5.74) is 10.00. The highest BCUT2D eigenvalue weighted by Crippen LogP contribution is 2.18. The normalized spacial score (nSPS) is 13.2. The molecular formula is C9H12FN3O4S. The lowest BCUT2D eigenvalue weighted by molar-refractivity contribution is -0.125. The third-order valence-electron chi connectivity index (χ3n) is 2.06.